The third-order valence-corrected chi connectivity index (χ3v) is 6.26. The van der Waals surface area contributed by atoms with E-state index in [9.17, 15) is 14.7 Å². The average Bonchev–Trinajstić information content (AvgIpc) is 2.78. The molecule has 2 aliphatic heterocycles. The number of phenolic OH excluding ortho intramolecular Hbond substituents is 1. The summed E-state index contributed by atoms with van der Waals surface area (Å²) in [6.07, 6.45) is 4.62. The van der Waals surface area contributed by atoms with Crippen LogP contribution in [0.5, 0.6) is 5.75 Å². The van der Waals surface area contributed by atoms with Crippen LogP contribution >= 0.6 is 0 Å². The molecule has 2 N–H and O–H groups in total. The molecule has 2 saturated heterocycles. The zero-order valence-electron chi connectivity index (χ0n) is 17.9. The van der Waals surface area contributed by atoms with Crippen molar-refractivity contribution in [3.8, 4) is 5.75 Å². The van der Waals surface area contributed by atoms with Gasteiger partial charge < -0.3 is 15.3 Å². The standard InChI is InChI=1S/C25H31N3O3/c29-22-11-9-20(10-12-22)16-23-25(31)26-21(15-19-7-3-1-4-8-19)17-28(23)24(30)18-27-13-5-2-6-14-27/h1,3-4,7-12,21,23,29H,2,5-6,13-18H2,(H,26,31)/t21-,23-/m0/s1. The van der Waals surface area contributed by atoms with Gasteiger partial charge in [0.15, 0.2) is 0 Å². The van der Waals surface area contributed by atoms with Gasteiger partial charge in [0.25, 0.3) is 0 Å². The highest BCUT2D eigenvalue weighted by atomic mass is 16.3. The molecule has 164 valence electrons. The Morgan fingerprint density at radius 1 is 0.935 bits per heavy atom. The number of nitrogens with one attached hydrogen (secondary N) is 1. The van der Waals surface area contributed by atoms with Crippen molar-refractivity contribution >= 4 is 11.8 Å². The van der Waals surface area contributed by atoms with E-state index >= 15 is 0 Å². The number of nitrogens with zero attached hydrogens (tertiary/aromatic N) is 2. The van der Waals surface area contributed by atoms with Crippen LogP contribution in [0.1, 0.15) is 30.4 Å². The van der Waals surface area contributed by atoms with E-state index in [1.54, 1.807) is 17.0 Å². The van der Waals surface area contributed by atoms with Crippen molar-refractivity contribution in [2.45, 2.75) is 44.2 Å². The van der Waals surface area contributed by atoms with E-state index in [0.717, 1.165) is 37.1 Å². The molecule has 0 radical (unpaired) electrons. The maximum atomic E-state index is 13.3. The predicted octanol–water partition coefficient (Wildman–Crippen LogP) is 2.36. The van der Waals surface area contributed by atoms with E-state index in [1.165, 1.54) is 6.42 Å². The lowest BCUT2D eigenvalue weighted by molar-refractivity contribution is -0.145. The lowest BCUT2D eigenvalue weighted by Gasteiger charge is -2.41. The van der Waals surface area contributed by atoms with Crippen LogP contribution in [0.3, 0.4) is 0 Å². The molecule has 2 heterocycles. The first kappa shape index (κ1) is 21.4. The fraction of sp³-hybridized carbons (Fsp3) is 0.440. The molecule has 0 bridgehead atoms. The van der Waals surface area contributed by atoms with Crippen LogP contribution in [0.15, 0.2) is 54.6 Å². The summed E-state index contributed by atoms with van der Waals surface area (Å²) in [5, 5.41) is 12.7. The summed E-state index contributed by atoms with van der Waals surface area (Å²) in [7, 11) is 0. The van der Waals surface area contributed by atoms with Gasteiger partial charge in [-0.25, -0.2) is 0 Å². The number of hydrogen-bond donors (Lipinski definition) is 2. The lowest BCUT2D eigenvalue weighted by Crippen LogP contribution is -2.63. The van der Waals surface area contributed by atoms with E-state index in [1.807, 2.05) is 30.3 Å². The molecule has 6 heteroatoms. The monoisotopic (exact) mass is 421 g/mol. The molecule has 6 nitrogen and oxygen atoms in total. The van der Waals surface area contributed by atoms with Crippen LogP contribution in [0.2, 0.25) is 0 Å². The second kappa shape index (κ2) is 9.96. The summed E-state index contributed by atoms with van der Waals surface area (Å²) in [5.41, 5.74) is 2.07. The van der Waals surface area contributed by atoms with Gasteiger partial charge in [0.1, 0.15) is 11.8 Å². The molecule has 0 spiro atoms. The molecule has 0 aliphatic carbocycles. The largest absolute Gasteiger partial charge is 0.508 e. The summed E-state index contributed by atoms with van der Waals surface area (Å²) >= 11 is 0. The molecule has 2 aromatic carbocycles. The zero-order chi connectivity index (χ0) is 21.6. The smallest absolute Gasteiger partial charge is 0.243 e. The maximum Gasteiger partial charge on any atom is 0.243 e. The summed E-state index contributed by atoms with van der Waals surface area (Å²) in [5.74, 6) is 0.114. The fourth-order valence-electron chi connectivity index (χ4n) is 4.60. The topological polar surface area (TPSA) is 72.9 Å². The molecule has 2 fully saturated rings. The first-order valence-electron chi connectivity index (χ1n) is 11.2. The molecule has 2 atom stereocenters. The molecule has 4 rings (SSSR count). The van der Waals surface area contributed by atoms with Crippen LogP contribution in [0.25, 0.3) is 0 Å². The number of carbonyl (C=O) groups excluding carboxylic acids is 2. The normalized spacial score (nSPS) is 22.2. The Kier molecular flexibility index (Phi) is 6.87. The number of likely N-dealkylation sites (tertiary alicyclic amines) is 1. The van der Waals surface area contributed by atoms with Gasteiger partial charge in [-0.15, -0.1) is 0 Å². The summed E-state index contributed by atoms with van der Waals surface area (Å²) < 4.78 is 0. The van der Waals surface area contributed by atoms with Crippen LogP contribution in [-0.4, -0.2) is 65.0 Å². The van der Waals surface area contributed by atoms with Gasteiger partial charge in [0.2, 0.25) is 11.8 Å². The van der Waals surface area contributed by atoms with Gasteiger partial charge in [-0.3, -0.25) is 14.5 Å². The van der Waals surface area contributed by atoms with Gasteiger partial charge >= 0.3 is 0 Å². The highest BCUT2D eigenvalue weighted by molar-refractivity contribution is 5.90. The summed E-state index contributed by atoms with van der Waals surface area (Å²) in [6.45, 7) is 2.77. The van der Waals surface area contributed by atoms with E-state index in [-0.39, 0.29) is 23.6 Å². The molecular weight excluding hydrogens is 390 g/mol. The van der Waals surface area contributed by atoms with E-state index in [4.69, 9.17) is 0 Å². The first-order chi connectivity index (χ1) is 15.1. The second-order valence-corrected chi connectivity index (χ2v) is 8.66. The van der Waals surface area contributed by atoms with Crippen molar-refractivity contribution in [3.05, 3.63) is 65.7 Å². The number of rotatable bonds is 6. The van der Waals surface area contributed by atoms with Crippen LogP contribution in [0, 0.1) is 0 Å². The van der Waals surface area contributed by atoms with Crippen molar-refractivity contribution in [1.29, 1.82) is 0 Å². The minimum Gasteiger partial charge on any atom is -0.508 e. The SMILES string of the molecule is O=C1N[C@@H](Cc2ccccc2)CN(C(=O)CN2CCCCC2)[C@H]1Cc1ccc(O)cc1. The van der Waals surface area contributed by atoms with Crippen LogP contribution < -0.4 is 5.32 Å². The quantitative estimate of drug-likeness (QED) is 0.751. The Labute approximate surface area is 183 Å². The van der Waals surface area contributed by atoms with Crippen LogP contribution in [-0.2, 0) is 22.4 Å². The van der Waals surface area contributed by atoms with Gasteiger partial charge in [-0.1, -0.05) is 48.9 Å². The second-order valence-electron chi connectivity index (χ2n) is 8.66. The van der Waals surface area contributed by atoms with Gasteiger partial charge in [0.05, 0.1) is 12.6 Å². The van der Waals surface area contributed by atoms with Crippen LogP contribution in [0.4, 0.5) is 0 Å². The summed E-state index contributed by atoms with van der Waals surface area (Å²) in [4.78, 5) is 30.4. The molecule has 31 heavy (non-hydrogen) atoms. The minimum absolute atomic E-state index is 0.0265. The number of carbonyl (C=O) groups is 2. The van der Waals surface area contributed by atoms with Crippen molar-refractivity contribution in [3.63, 3.8) is 0 Å². The van der Waals surface area contributed by atoms with Crippen molar-refractivity contribution < 1.29 is 14.7 Å². The number of piperidine rings is 1. The number of phenols is 1. The molecule has 2 amide bonds. The molecule has 2 aromatic rings. The molecule has 0 unspecified atom stereocenters. The van der Waals surface area contributed by atoms with Gasteiger partial charge in [-0.2, -0.15) is 0 Å². The summed E-state index contributed by atoms with van der Waals surface area (Å²) in [6, 6.07) is 16.3. The number of aromatic hydroxyl groups is 1. The number of benzene rings is 2. The Balaban J connectivity index is 1.50. The minimum atomic E-state index is -0.533. The Bertz CT molecular complexity index is 879. The lowest BCUT2D eigenvalue weighted by atomic mass is 9.97. The number of piperazine rings is 1. The number of hydrogen-bond acceptors (Lipinski definition) is 4. The Morgan fingerprint density at radius 3 is 2.32 bits per heavy atom. The highest BCUT2D eigenvalue weighted by Crippen LogP contribution is 2.19. The number of amides is 2. The van der Waals surface area contributed by atoms with Crippen molar-refractivity contribution in [2.75, 3.05) is 26.2 Å². The maximum absolute atomic E-state index is 13.3. The predicted molar refractivity (Wildman–Crippen MR) is 120 cm³/mol. The Morgan fingerprint density at radius 2 is 1.61 bits per heavy atom. The van der Waals surface area contributed by atoms with Gasteiger partial charge in [0, 0.05) is 13.0 Å². The van der Waals surface area contributed by atoms with E-state index < -0.39 is 6.04 Å². The van der Waals surface area contributed by atoms with Crippen molar-refractivity contribution in [2.24, 2.45) is 0 Å². The fourth-order valence-corrected chi connectivity index (χ4v) is 4.60. The third kappa shape index (κ3) is 5.64. The average molecular weight is 422 g/mol. The zero-order valence-corrected chi connectivity index (χ0v) is 17.9. The van der Waals surface area contributed by atoms with E-state index in [0.29, 0.717) is 25.9 Å². The van der Waals surface area contributed by atoms with Crippen molar-refractivity contribution in [1.82, 2.24) is 15.1 Å². The highest BCUT2D eigenvalue weighted by Gasteiger charge is 2.37. The molecular formula is C25H31N3O3. The Hall–Kier alpha value is -2.86. The first-order valence-corrected chi connectivity index (χ1v) is 11.2. The third-order valence-electron chi connectivity index (χ3n) is 6.26. The molecule has 0 saturated carbocycles. The molecule has 0 aromatic heterocycles. The van der Waals surface area contributed by atoms with Gasteiger partial charge in [-0.05, 0) is 55.6 Å². The molecule has 2 aliphatic rings. The van der Waals surface area contributed by atoms with E-state index in [2.05, 4.69) is 22.3 Å².